The zero-order valence-electron chi connectivity index (χ0n) is 20.4. The van der Waals surface area contributed by atoms with Crippen LogP contribution in [0.3, 0.4) is 0 Å². The lowest BCUT2D eigenvalue weighted by atomic mass is 10.0. The largest absolute Gasteiger partial charge is 0.334 e. The van der Waals surface area contributed by atoms with E-state index in [0.29, 0.717) is 18.1 Å². The fraction of sp³-hybridized carbons (Fsp3) is 0.133. The molecule has 0 fully saturated rings. The number of halogens is 1. The van der Waals surface area contributed by atoms with Gasteiger partial charge in [0.15, 0.2) is 0 Å². The standard InChI is InChI=1S/C30H26ClN5O/c1-21-26-20-35(30(37)32-19-22-9-4-2-5-10-22)28(23-14-16-24(31)17-15-23)27-13-8-18-34(27)29(26)36(33-21)25-11-6-3-7-12-25/h2-18,28H,19-20H2,1H3,(H,32,37)/t28-/m0/s1. The Bertz CT molecular complexity index is 1540. The van der Waals surface area contributed by atoms with Gasteiger partial charge in [-0.3, -0.25) is 0 Å². The molecule has 0 aliphatic carbocycles. The predicted octanol–water partition coefficient (Wildman–Crippen LogP) is 6.44. The summed E-state index contributed by atoms with van der Waals surface area (Å²) in [4.78, 5) is 15.8. The van der Waals surface area contributed by atoms with Gasteiger partial charge >= 0.3 is 6.03 Å². The molecule has 1 aliphatic heterocycles. The van der Waals surface area contributed by atoms with Gasteiger partial charge in [-0.05, 0) is 54.4 Å². The average molecular weight is 508 g/mol. The summed E-state index contributed by atoms with van der Waals surface area (Å²) in [6.45, 7) is 2.85. The van der Waals surface area contributed by atoms with Gasteiger partial charge in [0.05, 0.1) is 29.7 Å². The van der Waals surface area contributed by atoms with Crippen molar-refractivity contribution < 1.29 is 4.79 Å². The Kier molecular flexibility index (Phi) is 6.02. The number of hydrogen-bond acceptors (Lipinski definition) is 2. The number of nitrogens with zero attached hydrogens (tertiary/aromatic N) is 4. The Labute approximate surface area is 220 Å². The number of nitrogens with one attached hydrogen (secondary N) is 1. The second-order valence-electron chi connectivity index (χ2n) is 9.16. The normalized spacial score (nSPS) is 14.5. The van der Waals surface area contributed by atoms with Crippen molar-refractivity contribution in [2.24, 2.45) is 0 Å². The number of para-hydroxylation sites is 1. The van der Waals surface area contributed by atoms with Crippen LogP contribution in [0, 0.1) is 6.92 Å². The number of aromatic nitrogens is 3. The highest BCUT2D eigenvalue weighted by Gasteiger charge is 2.35. The van der Waals surface area contributed by atoms with Crippen LogP contribution in [0.4, 0.5) is 4.79 Å². The fourth-order valence-corrected chi connectivity index (χ4v) is 5.15. The third kappa shape index (κ3) is 4.30. The molecule has 1 N–H and O–H groups in total. The first kappa shape index (κ1) is 23.1. The van der Waals surface area contributed by atoms with Crippen LogP contribution in [0.1, 0.15) is 34.1 Å². The van der Waals surface area contributed by atoms with Gasteiger partial charge in [0.1, 0.15) is 5.82 Å². The second-order valence-corrected chi connectivity index (χ2v) is 9.60. The van der Waals surface area contributed by atoms with Crippen molar-refractivity contribution in [2.75, 3.05) is 0 Å². The summed E-state index contributed by atoms with van der Waals surface area (Å²) in [6, 6.07) is 31.4. The molecule has 1 aliphatic rings. The lowest BCUT2D eigenvalue weighted by Crippen LogP contribution is -2.41. The van der Waals surface area contributed by atoms with Crippen LogP contribution in [0.2, 0.25) is 5.02 Å². The molecule has 7 heteroatoms. The number of amides is 2. The first-order valence-corrected chi connectivity index (χ1v) is 12.6. The van der Waals surface area contributed by atoms with Crippen LogP contribution in [0.15, 0.2) is 103 Å². The Hall–Kier alpha value is -4.29. The molecule has 0 unspecified atom stereocenters. The maximum atomic E-state index is 13.9. The highest BCUT2D eigenvalue weighted by atomic mass is 35.5. The van der Waals surface area contributed by atoms with Gasteiger partial charge < -0.3 is 14.8 Å². The van der Waals surface area contributed by atoms with Crippen molar-refractivity contribution in [2.45, 2.75) is 26.1 Å². The van der Waals surface area contributed by atoms with Crippen LogP contribution in [0.5, 0.6) is 0 Å². The van der Waals surface area contributed by atoms with E-state index in [1.54, 1.807) is 0 Å². The molecule has 6 rings (SSSR count). The van der Waals surface area contributed by atoms with Gasteiger partial charge in [0.2, 0.25) is 0 Å². The zero-order valence-corrected chi connectivity index (χ0v) is 21.1. The maximum absolute atomic E-state index is 13.9. The van der Waals surface area contributed by atoms with E-state index < -0.39 is 0 Å². The number of carbonyl (C=O) groups excluding carboxylic acids is 1. The zero-order chi connectivity index (χ0) is 25.4. The van der Waals surface area contributed by atoms with Crippen LogP contribution >= 0.6 is 11.6 Å². The molecule has 2 aromatic heterocycles. The topological polar surface area (TPSA) is 55.1 Å². The molecule has 2 amide bonds. The SMILES string of the molecule is Cc1nn(-c2ccccc2)c2c1CN(C(=O)NCc1ccccc1)[C@@H](c1ccc(Cl)cc1)c1cccn1-2. The van der Waals surface area contributed by atoms with E-state index in [1.807, 2.05) is 114 Å². The van der Waals surface area contributed by atoms with Gasteiger partial charge in [-0.15, -0.1) is 0 Å². The molecular formula is C30H26ClN5O. The number of carbonyl (C=O) groups is 1. The molecule has 0 bridgehead atoms. The molecule has 1 atom stereocenters. The monoisotopic (exact) mass is 507 g/mol. The molecule has 3 heterocycles. The quantitative estimate of drug-likeness (QED) is 0.304. The van der Waals surface area contributed by atoms with E-state index in [0.717, 1.165) is 39.6 Å². The van der Waals surface area contributed by atoms with Crippen LogP contribution < -0.4 is 5.32 Å². The summed E-state index contributed by atoms with van der Waals surface area (Å²) < 4.78 is 4.13. The van der Waals surface area contributed by atoms with Gasteiger partial charge in [0.25, 0.3) is 0 Å². The summed E-state index contributed by atoms with van der Waals surface area (Å²) in [6.07, 6.45) is 2.04. The summed E-state index contributed by atoms with van der Waals surface area (Å²) in [5, 5.41) is 8.70. The van der Waals surface area contributed by atoms with E-state index in [9.17, 15) is 4.79 Å². The smallest absolute Gasteiger partial charge is 0.318 e. The Morgan fingerprint density at radius 1 is 0.946 bits per heavy atom. The minimum atomic E-state index is -0.320. The van der Waals surface area contributed by atoms with Gasteiger partial charge in [-0.2, -0.15) is 5.10 Å². The fourth-order valence-electron chi connectivity index (χ4n) is 5.02. The summed E-state index contributed by atoms with van der Waals surface area (Å²) in [5.41, 5.74) is 5.88. The summed E-state index contributed by atoms with van der Waals surface area (Å²) in [7, 11) is 0. The molecule has 184 valence electrons. The van der Waals surface area contributed by atoms with Crippen molar-refractivity contribution in [3.63, 3.8) is 0 Å². The third-order valence-corrected chi connectivity index (χ3v) is 7.07. The van der Waals surface area contributed by atoms with Gasteiger partial charge in [0, 0.05) is 23.3 Å². The molecule has 6 nitrogen and oxygen atoms in total. The van der Waals surface area contributed by atoms with Crippen molar-refractivity contribution in [1.29, 1.82) is 0 Å². The average Bonchev–Trinajstić information content (AvgIpc) is 3.49. The van der Waals surface area contributed by atoms with Crippen LogP contribution in [-0.4, -0.2) is 25.3 Å². The lowest BCUT2D eigenvalue weighted by molar-refractivity contribution is 0.180. The number of fused-ring (bicyclic) bond motifs is 3. The molecule has 0 radical (unpaired) electrons. The summed E-state index contributed by atoms with van der Waals surface area (Å²) in [5.74, 6) is 0.945. The molecule has 3 aromatic carbocycles. The second kappa shape index (κ2) is 9.64. The molecule has 37 heavy (non-hydrogen) atoms. The van der Waals surface area contributed by atoms with E-state index in [2.05, 4.69) is 16.0 Å². The molecule has 5 aromatic rings. The number of rotatable bonds is 4. The number of urea groups is 1. The molecular weight excluding hydrogens is 482 g/mol. The minimum absolute atomic E-state index is 0.142. The number of aryl methyl sites for hydroxylation is 1. The number of benzene rings is 3. The number of hydrogen-bond donors (Lipinski definition) is 1. The van der Waals surface area contributed by atoms with Gasteiger partial charge in [-0.25, -0.2) is 9.48 Å². The van der Waals surface area contributed by atoms with Gasteiger partial charge in [-0.1, -0.05) is 72.3 Å². The van der Waals surface area contributed by atoms with Crippen molar-refractivity contribution >= 4 is 17.6 Å². The van der Waals surface area contributed by atoms with E-state index >= 15 is 0 Å². The lowest BCUT2D eigenvalue weighted by Gasteiger charge is -2.31. The van der Waals surface area contributed by atoms with E-state index in [1.165, 1.54) is 0 Å². The van der Waals surface area contributed by atoms with Crippen molar-refractivity contribution in [3.05, 3.63) is 136 Å². The Balaban J connectivity index is 1.49. The highest BCUT2D eigenvalue weighted by Crippen LogP contribution is 2.38. The third-order valence-electron chi connectivity index (χ3n) is 6.82. The Morgan fingerprint density at radius 3 is 2.38 bits per heavy atom. The van der Waals surface area contributed by atoms with E-state index in [4.69, 9.17) is 16.7 Å². The molecule has 0 spiro atoms. The van der Waals surface area contributed by atoms with Crippen LogP contribution in [0.25, 0.3) is 11.5 Å². The predicted molar refractivity (Wildman–Crippen MR) is 145 cm³/mol. The molecule has 0 saturated carbocycles. The Morgan fingerprint density at radius 2 is 1.65 bits per heavy atom. The van der Waals surface area contributed by atoms with E-state index in [-0.39, 0.29) is 12.1 Å². The van der Waals surface area contributed by atoms with Crippen LogP contribution in [-0.2, 0) is 13.1 Å². The minimum Gasteiger partial charge on any atom is -0.334 e. The van der Waals surface area contributed by atoms with Crippen molar-refractivity contribution in [1.82, 2.24) is 24.6 Å². The maximum Gasteiger partial charge on any atom is 0.318 e. The first-order valence-electron chi connectivity index (χ1n) is 12.3. The molecule has 0 saturated heterocycles. The first-order chi connectivity index (χ1) is 18.1. The highest BCUT2D eigenvalue weighted by molar-refractivity contribution is 6.30. The van der Waals surface area contributed by atoms with Crippen molar-refractivity contribution in [3.8, 4) is 11.5 Å². The summed E-state index contributed by atoms with van der Waals surface area (Å²) >= 11 is 6.23.